The van der Waals surface area contributed by atoms with Crippen molar-refractivity contribution in [2.24, 2.45) is 11.7 Å². The van der Waals surface area contributed by atoms with Crippen molar-refractivity contribution >= 4 is 5.91 Å². The van der Waals surface area contributed by atoms with E-state index < -0.39 is 0 Å². The average Bonchev–Trinajstić information content (AvgIpc) is 2.53. The van der Waals surface area contributed by atoms with E-state index in [1.165, 1.54) is 0 Å². The summed E-state index contributed by atoms with van der Waals surface area (Å²) in [6.45, 7) is 4.25. The summed E-state index contributed by atoms with van der Waals surface area (Å²) in [5.41, 5.74) is 9.07. The zero-order chi connectivity index (χ0) is 15.2. The number of carbonyl (C=O) groups is 1. The van der Waals surface area contributed by atoms with Crippen LogP contribution in [-0.2, 0) is 11.3 Å². The van der Waals surface area contributed by atoms with E-state index in [2.05, 4.69) is 10.3 Å². The van der Waals surface area contributed by atoms with E-state index in [9.17, 15) is 4.79 Å². The number of benzene rings is 1. The number of hydrogen-bond donors (Lipinski definition) is 2. The van der Waals surface area contributed by atoms with Crippen molar-refractivity contribution in [2.45, 2.75) is 26.4 Å². The highest BCUT2D eigenvalue weighted by Gasteiger charge is 2.21. The maximum Gasteiger partial charge on any atom is 0.225 e. The van der Waals surface area contributed by atoms with Gasteiger partial charge in [-0.05, 0) is 24.1 Å². The van der Waals surface area contributed by atoms with Gasteiger partial charge in [0.2, 0.25) is 5.91 Å². The van der Waals surface area contributed by atoms with Gasteiger partial charge in [0.1, 0.15) is 0 Å². The van der Waals surface area contributed by atoms with E-state index in [4.69, 9.17) is 5.73 Å². The van der Waals surface area contributed by atoms with Crippen molar-refractivity contribution in [1.82, 2.24) is 10.3 Å². The molecular formula is C17H21N3O. The molecule has 0 aliphatic heterocycles. The number of aryl methyl sites for hydroxylation is 1. The van der Waals surface area contributed by atoms with Crippen LogP contribution in [0.3, 0.4) is 0 Å². The lowest BCUT2D eigenvalue weighted by Crippen LogP contribution is -2.35. The SMILES string of the molecule is Cc1ccc(CNC(=O)C(C)C(N)c2ccccc2)cn1. The minimum Gasteiger partial charge on any atom is -0.352 e. The normalized spacial score (nSPS) is 13.5. The van der Waals surface area contributed by atoms with Gasteiger partial charge in [-0.2, -0.15) is 0 Å². The summed E-state index contributed by atoms with van der Waals surface area (Å²) in [6, 6.07) is 13.3. The fraction of sp³-hybridized carbons (Fsp3) is 0.294. The summed E-state index contributed by atoms with van der Waals surface area (Å²) < 4.78 is 0. The van der Waals surface area contributed by atoms with Crippen molar-refractivity contribution in [3.63, 3.8) is 0 Å². The molecule has 1 amide bonds. The number of nitrogens with zero attached hydrogens (tertiary/aromatic N) is 1. The van der Waals surface area contributed by atoms with Crippen molar-refractivity contribution in [3.8, 4) is 0 Å². The van der Waals surface area contributed by atoms with E-state index in [0.29, 0.717) is 6.54 Å². The van der Waals surface area contributed by atoms with Crippen molar-refractivity contribution in [1.29, 1.82) is 0 Å². The minimum atomic E-state index is -0.303. The predicted octanol–water partition coefficient (Wildman–Crippen LogP) is 2.34. The first kappa shape index (κ1) is 15.2. The molecule has 2 rings (SSSR count). The number of nitrogens with one attached hydrogen (secondary N) is 1. The Bertz CT molecular complexity index is 581. The Kier molecular flexibility index (Phi) is 5.06. The second kappa shape index (κ2) is 6.99. The van der Waals surface area contributed by atoms with Gasteiger partial charge in [-0.3, -0.25) is 9.78 Å². The predicted molar refractivity (Wildman–Crippen MR) is 83.4 cm³/mol. The number of carbonyl (C=O) groups excluding carboxylic acids is 1. The van der Waals surface area contributed by atoms with Crippen LogP contribution in [0.5, 0.6) is 0 Å². The Labute approximate surface area is 125 Å². The van der Waals surface area contributed by atoms with E-state index in [0.717, 1.165) is 16.8 Å². The molecule has 21 heavy (non-hydrogen) atoms. The standard InChI is InChI=1S/C17H21N3O/c1-12-8-9-14(10-19-12)11-20-17(21)13(2)16(18)15-6-4-3-5-7-15/h3-10,13,16H,11,18H2,1-2H3,(H,20,21). The third-order valence-electron chi connectivity index (χ3n) is 3.58. The summed E-state index contributed by atoms with van der Waals surface area (Å²) in [5.74, 6) is -0.335. The number of pyridine rings is 1. The van der Waals surface area contributed by atoms with Crippen molar-refractivity contribution in [3.05, 3.63) is 65.5 Å². The Morgan fingerprint density at radius 1 is 1.24 bits per heavy atom. The van der Waals surface area contributed by atoms with Gasteiger partial charge in [0.05, 0.1) is 5.92 Å². The lowest BCUT2D eigenvalue weighted by molar-refractivity contribution is -0.125. The van der Waals surface area contributed by atoms with Gasteiger partial charge in [0.25, 0.3) is 0 Å². The van der Waals surface area contributed by atoms with E-state index in [1.54, 1.807) is 6.20 Å². The molecule has 0 saturated carbocycles. The molecule has 1 aromatic carbocycles. The number of nitrogens with two attached hydrogens (primary N) is 1. The van der Waals surface area contributed by atoms with Crippen LogP contribution in [0, 0.1) is 12.8 Å². The summed E-state index contributed by atoms with van der Waals surface area (Å²) in [7, 11) is 0. The minimum absolute atomic E-state index is 0.0491. The molecule has 4 heteroatoms. The van der Waals surface area contributed by atoms with Crippen LogP contribution in [0.1, 0.15) is 29.8 Å². The maximum atomic E-state index is 12.2. The maximum absolute atomic E-state index is 12.2. The first-order chi connectivity index (χ1) is 10.1. The molecule has 1 heterocycles. The number of hydrogen-bond acceptors (Lipinski definition) is 3. The zero-order valence-corrected chi connectivity index (χ0v) is 12.4. The molecule has 2 aromatic rings. The molecule has 0 fully saturated rings. The summed E-state index contributed by atoms with van der Waals surface area (Å²) in [4.78, 5) is 16.4. The van der Waals surface area contributed by atoms with E-state index >= 15 is 0 Å². The summed E-state index contributed by atoms with van der Waals surface area (Å²) in [6.07, 6.45) is 1.78. The Morgan fingerprint density at radius 3 is 2.57 bits per heavy atom. The van der Waals surface area contributed by atoms with Gasteiger partial charge < -0.3 is 11.1 Å². The molecular weight excluding hydrogens is 262 g/mol. The largest absolute Gasteiger partial charge is 0.352 e. The molecule has 0 bridgehead atoms. The quantitative estimate of drug-likeness (QED) is 0.885. The van der Waals surface area contributed by atoms with Gasteiger partial charge in [0.15, 0.2) is 0 Å². The molecule has 0 saturated heterocycles. The lowest BCUT2D eigenvalue weighted by atomic mass is 9.94. The van der Waals surface area contributed by atoms with Gasteiger partial charge in [-0.15, -0.1) is 0 Å². The molecule has 0 aliphatic carbocycles. The van der Waals surface area contributed by atoms with Gasteiger partial charge >= 0.3 is 0 Å². The number of amides is 1. The summed E-state index contributed by atoms with van der Waals surface area (Å²) in [5, 5.41) is 2.91. The smallest absolute Gasteiger partial charge is 0.225 e. The van der Waals surface area contributed by atoms with E-state index in [1.807, 2.05) is 56.3 Å². The third-order valence-corrected chi connectivity index (χ3v) is 3.58. The topological polar surface area (TPSA) is 68.0 Å². The van der Waals surface area contributed by atoms with E-state index in [-0.39, 0.29) is 17.9 Å². The van der Waals surface area contributed by atoms with Crippen LogP contribution >= 0.6 is 0 Å². The second-order valence-corrected chi connectivity index (χ2v) is 5.25. The Hall–Kier alpha value is -2.20. The molecule has 1 aromatic heterocycles. The highest BCUT2D eigenvalue weighted by atomic mass is 16.1. The number of rotatable bonds is 5. The first-order valence-corrected chi connectivity index (χ1v) is 7.07. The monoisotopic (exact) mass is 283 g/mol. The van der Waals surface area contributed by atoms with Gasteiger partial charge in [0, 0.05) is 24.5 Å². The van der Waals surface area contributed by atoms with Crippen LogP contribution in [-0.4, -0.2) is 10.9 Å². The van der Waals surface area contributed by atoms with Crippen LogP contribution in [0.25, 0.3) is 0 Å². The van der Waals surface area contributed by atoms with Crippen LogP contribution in [0.4, 0.5) is 0 Å². The summed E-state index contributed by atoms with van der Waals surface area (Å²) >= 11 is 0. The van der Waals surface area contributed by atoms with Crippen molar-refractivity contribution in [2.75, 3.05) is 0 Å². The molecule has 2 atom stereocenters. The highest BCUT2D eigenvalue weighted by Crippen LogP contribution is 2.19. The Balaban J connectivity index is 1.92. The van der Waals surface area contributed by atoms with Crippen LogP contribution in [0.15, 0.2) is 48.7 Å². The number of aromatic nitrogens is 1. The van der Waals surface area contributed by atoms with Crippen molar-refractivity contribution < 1.29 is 4.79 Å². The van der Waals surface area contributed by atoms with Crippen LogP contribution in [0.2, 0.25) is 0 Å². The molecule has 3 N–H and O–H groups in total. The highest BCUT2D eigenvalue weighted by molar-refractivity contribution is 5.79. The lowest BCUT2D eigenvalue weighted by Gasteiger charge is -2.19. The molecule has 0 radical (unpaired) electrons. The average molecular weight is 283 g/mol. The van der Waals surface area contributed by atoms with Gasteiger partial charge in [-0.1, -0.05) is 43.3 Å². The molecule has 2 unspecified atom stereocenters. The molecule has 4 nitrogen and oxygen atoms in total. The molecule has 110 valence electrons. The fourth-order valence-corrected chi connectivity index (χ4v) is 2.08. The van der Waals surface area contributed by atoms with Gasteiger partial charge in [-0.25, -0.2) is 0 Å². The molecule has 0 aliphatic rings. The van der Waals surface area contributed by atoms with Crippen LogP contribution < -0.4 is 11.1 Å². The third kappa shape index (κ3) is 4.13. The zero-order valence-electron chi connectivity index (χ0n) is 12.4. The fourth-order valence-electron chi connectivity index (χ4n) is 2.08. The Morgan fingerprint density at radius 2 is 1.95 bits per heavy atom. The first-order valence-electron chi connectivity index (χ1n) is 7.07. The molecule has 0 spiro atoms. The second-order valence-electron chi connectivity index (χ2n) is 5.25.